The molecule has 1 aromatic carbocycles. The van der Waals surface area contributed by atoms with Crippen LogP contribution in [-0.4, -0.2) is 27.3 Å². The average Bonchev–Trinajstić information content (AvgIpc) is 2.88. The Morgan fingerprint density at radius 2 is 1.95 bits per heavy atom. The molecule has 19 heavy (non-hydrogen) atoms. The first-order valence-corrected chi connectivity index (χ1v) is 7.63. The van der Waals surface area contributed by atoms with Gasteiger partial charge in [-0.15, -0.1) is 12.3 Å². The molecule has 1 aromatic rings. The van der Waals surface area contributed by atoms with E-state index < -0.39 is 18.5 Å². The van der Waals surface area contributed by atoms with Gasteiger partial charge in [-0.3, -0.25) is 0 Å². The van der Waals surface area contributed by atoms with E-state index in [0.717, 1.165) is 11.4 Å². The molecule has 1 aliphatic rings. The van der Waals surface area contributed by atoms with Crippen molar-refractivity contribution in [1.82, 2.24) is 0 Å². The Hall–Kier alpha value is -1.43. The molecule has 2 atom stereocenters. The number of alkyl halides is 3. The van der Waals surface area contributed by atoms with Gasteiger partial charge < -0.3 is 10.5 Å². The number of rotatable bonds is 4. The maximum atomic E-state index is 11.2. The minimum absolute atomic E-state index is 0.297. The largest absolute Gasteiger partial charge is 0.495 e. The quantitative estimate of drug-likeness (QED) is 0.683. The van der Waals surface area contributed by atoms with Crippen LogP contribution in [0.3, 0.4) is 0 Å². The van der Waals surface area contributed by atoms with Crippen LogP contribution >= 0.6 is 0 Å². The number of anilines is 1. The third-order valence-electron chi connectivity index (χ3n) is 2.47. The molecule has 1 fully saturated rings. The van der Waals surface area contributed by atoms with Crippen molar-refractivity contribution >= 4 is 15.2 Å². The summed E-state index contributed by atoms with van der Waals surface area (Å²) in [6.07, 6.45) is -2.40. The number of nitrogens with two attached hydrogens (primary N) is 1. The fraction of sp³-hybridized carbons (Fsp3) is 0.385. The van der Waals surface area contributed by atoms with Gasteiger partial charge >= 0.3 is 0 Å². The van der Waals surface area contributed by atoms with E-state index in [1.54, 1.807) is 0 Å². The van der Waals surface area contributed by atoms with E-state index in [0.29, 0.717) is 5.73 Å². The maximum absolute atomic E-state index is 11.2. The third kappa shape index (κ3) is 5.82. The summed E-state index contributed by atoms with van der Waals surface area (Å²) in [4.78, 5) is 0. The third-order valence-corrected chi connectivity index (χ3v) is 3.63. The summed E-state index contributed by atoms with van der Waals surface area (Å²) in [5, 5.41) is 0. The number of benzene rings is 1. The van der Waals surface area contributed by atoms with Crippen molar-refractivity contribution in [2.45, 2.75) is 31.2 Å². The summed E-state index contributed by atoms with van der Waals surface area (Å²) in [6.45, 7) is 5.79. The van der Waals surface area contributed by atoms with Gasteiger partial charge in [0.2, 0.25) is 0 Å². The van der Waals surface area contributed by atoms with Crippen LogP contribution in [0.4, 0.5) is 18.9 Å². The van der Waals surface area contributed by atoms with Gasteiger partial charge in [0.25, 0.3) is 5.92 Å². The second kappa shape index (κ2) is 6.65. The molecule has 0 radical (unpaired) electrons. The van der Waals surface area contributed by atoms with Crippen molar-refractivity contribution in [3.8, 4) is 5.75 Å². The molecule has 0 heterocycles. The van der Waals surface area contributed by atoms with Crippen LogP contribution in [0.15, 0.2) is 36.5 Å². The summed E-state index contributed by atoms with van der Waals surface area (Å²) in [7, 11) is -0.297. The summed E-state index contributed by atoms with van der Waals surface area (Å²) >= 11 is 0. The van der Waals surface area contributed by atoms with E-state index in [1.165, 1.54) is 0 Å². The molecule has 2 rings (SSSR count). The minimum atomic E-state index is -2.96. The summed E-state index contributed by atoms with van der Waals surface area (Å²) < 4.78 is 39.1. The van der Waals surface area contributed by atoms with E-state index in [2.05, 4.69) is 13.5 Å². The van der Waals surface area contributed by atoms with Crippen LogP contribution in [0.1, 0.15) is 13.3 Å². The standard InChI is InChI=1S/C10H15NOSi.C3H3F3/c1-3-13-8(2)12-10-6-4-9(11)5-7-10;4-2-1-3(2,5)6/h3-8H,1,11,13H2,2H3;2H,1H2. The zero-order chi connectivity index (χ0) is 14.5. The van der Waals surface area contributed by atoms with Crippen LogP contribution in [0, 0.1) is 0 Å². The Labute approximate surface area is 113 Å². The molecule has 2 unspecified atom stereocenters. The van der Waals surface area contributed by atoms with Crippen LogP contribution < -0.4 is 10.5 Å². The fourth-order valence-corrected chi connectivity index (χ4v) is 2.00. The molecule has 2 nitrogen and oxygen atoms in total. The Morgan fingerprint density at radius 3 is 2.32 bits per heavy atom. The first-order valence-electron chi connectivity index (χ1n) is 6.00. The summed E-state index contributed by atoms with van der Waals surface area (Å²) in [5.74, 6) is -2.07. The van der Waals surface area contributed by atoms with Gasteiger partial charge in [-0.2, -0.15) is 0 Å². The lowest BCUT2D eigenvalue weighted by molar-refractivity contribution is 0.0870. The Bertz CT molecular complexity index is 411. The van der Waals surface area contributed by atoms with E-state index in [-0.39, 0.29) is 9.52 Å². The van der Waals surface area contributed by atoms with Crippen molar-refractivity contribution in [2.75, 3.05) is 5.73 Å². The molecular weight excluding hydrogens is 271 g/mol. The lowest BCUT2D eigenvalue weighted by atomic mass is 10.3. The van der Waals surface area contributed by atoms with Crippen molar-refractivity contribution < 1.29 is 17.9 Å². The van der Waals surface area contributed by atoms with Gasteiger partial charge in [0.15, 0.2) is 6.17 Å². The van der Waals surface area contributed by atoms with Crippen molar-refractivity contribution in [2.24, 2.45) is 0 Å². The molecule has 0 spiro atoms. The highest BCUT2D eigenvalue weighted by atomic mass is 28.2. The predicted octanol–water partition coefficient (Wildman–Crippen LogP) is 2.67. The van der Waals surface area contributed by atoms with E-state index >= 15 is 0 Å². The van der Waals surface area contributed by atoms with E-state index in [9.17, 15) is 13.2 Å². The highest BCUT2D eigenvalue weighted by Crippen LogP contribution is 2.44. The first-order chi connectivity index (χ1) is 8.85. The number of halogens is 3. The Kier molecular flexibility index (Phi) is 5.47. The lowest BCUT2D eigenvalue weighted by Crippen LogP contribution is -2.18. The summed E-state index contributed by atoms with van der Waals surface area (Å²) in [6, 6.07) is 7.47. The molecule has 106 valence electrons. The topological polar surface area (TPSA) is 35.2 Å². The van der Waals surface area contributed by atoms with Crippen molar-refractivity contribution in [3.63, 3.8) is 0 Å². The molecular formula is C13H18F3NOSi. The second-order valence-corrected chi connectivity index (χ2v) is 6.65. The number of ether oxygens (including phenoxy) is 1. The van der Waals surface area contributed by atoms with Gasteiger partial charge in [-0.05, 0) is 31.2 Å². The van der Waals surface area contributed by atoms with Crippen LogP contribution in [0.2, 0.25) is 0 Å². The first kappa shape index (κ1) is 15.6. The normalized spacial score (nSPS) is 21.4. The molecule has 0 aromatic heterocycles. The zero-order valence-corrected chi connectivity index (χ0v) is 12.2. The van der Waals surface area contributed by atoms with Gasteiger partial charge in [-0.25, -0.2) is 13.2 Å². The smallest absolute Gasteiger partial charge is 0.281 e. The molecule has 0 aliphatic heterocycles. The SMILES string of the molecule is C=C[SiH2]C(C)Oc1ccc(N)cc1.FC1CC1(F)F. The van der Waals surface area contributed by atoms with Gasteiger partial charge in [0.05, 0.1) is 21.7 Å². The molecule has 6 heteroatoms. The van der Waals surface area contributed by atoms with Crippen LogP contribution in [-0.2, 0) is 0 Å². The monoisotopic (exact) mass is 289 g/mol. The number of nitrogen functional groups attached to an aromatic ring is 1. The van der Waals surface area contributed by atoms with Crippen LogP contribution in [0.5, 0.6) is 5.75 Å². The Morgan fingerprint density at radius 1 is 1.47 bits per heavy atom. The minimum Gasteiger partial charge on any atom is -0.495 e. The molecule has 0 bridgehead atoms. The molecule has 1 aliphatic carbocycles. The lowest BCUT2D eigenvalue weighted by Gasteiger charge is -2.12. The van der Waals surface area contributed by atoms with E-state index in [4.69, 9.17) is 10.5 Å². The molecule has 1 saturated carbocycles. The van der Waals surface area contributed by atoms with Gasteiger partial charge in [0, 0.05) is 5.69 Å². The highest BCUT2D eigenvalue weighted by molar-refractivity contribution is 6.43. The van der Waals surface area contributed by atoms with Crippen LogP contribution in [0.25, 0.3) is 0 Å². The maximum Gasteiger partial charge on any atom is 0.281 e. The van der Waals surface area contributed by atoms with Crippen molar-refractivity contribution in [1.29, 1.82) is 0 Å². The van der Waals surface area contributed by atoms with Gasteiger partial charge in [0.1, 0.15) is 5.75 Å². The predicted molar refractivity (Wildman–Crippen MR) is 74.1 cm³/mol. The number of hydrogen-bond acceptors (Lipinski definition) is 2. The molecule has 2 N–H and O–H groups in total. The number of hydrogen-bond donors (Lipinski definition) is 1. The fourth-order valence-electron chi connectivity index (χ4n) is 1.24. The second-order valence-electron chi connectivity index (χ2n) is 4.45. The van der Waals surface area contributed by atoms with Gasteiger partial charge in [-0.1, -0.05) is 0 Å². The molecule has 0 amide bonds. The zero-order valence-electron chi connectivity index (χ0n) is 10.8. The summed E-state index contributed by atoms with van der Waals surface area (Å²) in [5.41, 5.74) is 8.61. The van der Waals surface area contributed by atoms with Crippen molar-refractivity contribution in [3.05, 3.63) is 36.5 Å². The van der Waals surface area contributed by atoms with E-state index in [1.807, 2.05) is 30.0 Å². The average molecular weight is 289 g/mol. The highest BCUT2D eigenvalue weighted by Gasteiger charge is 2.58. The Balaban J connectivity index is 0.000000250. The molecule has 0 saturated heterocycles.